The Balaban J connectivity index is 1.16. The summed E-state index contributed by atoms with van der Waals surface area (Å²) in [6.45, 7) is 4.47. The minimum absolute atomic E-state index is 0.220. The molecule has 2 unspecified atom stereocenters. The zero-order chi connectivity index (χ0) is 34.4. The molecule has 3 aromatic carbocycles. The van der Waals surface area contributed by atoms with Gasteiger partial charge in [-0.25, -0.2) is 9.97 Å². The molecule has 246 valence electrons. The van der Waals surface area contributed by atoms with Crippen LogP contribution in [0.4, 0.5) is 0 Å². The Kier molecular flexibility index (Phi) is 9.08. The van der Waals surface area contributed by atoms with Gasteiger partial charge in [0.1, 0.15) is 11.9 Å². The van der Waals surface area contributed by atoms with E-state index >= 15 is 0 Å². The topological polar surface area (TPSA) is 63.1 Å². The lowest BCUT2D eigenvalue weighted by Gasteiger charge is -2.29. The normalized spacial score (nSPS) is 20.4. The molecule has 1 N–H and O–H groups in total. The van der Waals surface area contributed by atoms with Gasteiger partial charge in [-0.15, -0.1) is 0 Å². The highest BCUT2D eigenvalue weighted by Gasteiger charge is 2.27. The second kappa shape index (κ2) is 14.6. The second-order valence-corrected chi connectivity index (χ2v) is 12.8. The zero-order valence-corrected chi connectivity index (χ0v) is 28.2. The summed E-state index contributed by atoms with van der Waals surface area (Å²) in [6, 6.07) is 31.5. The SMILES string of the molecule is C=C1/C=C\C=C/C/C=C\C2=C1C(c1ccccc1)N=C(c1cc(C3=CCC(c4ccc(-c5ncccn5)cc4)C=C3)cc(-c3cccnc3)c1)N2. The number of hydrogen-bond donors (Lipinski definition) is 1. The van der Waals surface area contributed by atoms with Gasteiger partial charge >= 0.3 is 0 Å². The van der Waals surface area contributed by atoms with Crippen molar-refractivity contribution >= 4 is 11.4 Å². The highest BCUT2D eigenvalue weighted by Crippen LogP contribution is 2.38. The van der Waals surface area contributed by atoms with Crippen molar-refractivity contribution in [2.45, 2.75) is 24.8 Å². The number of amidine groups is 1. The van der Waals surface area contributed by atoms with E-state index < -0.39 is 0 Å². The van der Waals surface area contributed by atoms with Crippen molar-refractivity contribution in [3.63, 3.8) is 0 Å². The maximum absolute atomic E-state index is 5.42. The Morgan fingerprint density at radius 3 is 2.27 bits per heavy atom. The molecule has 0 bridgehead atoms. The minimum atomic E-state index is -0.220. The maximum Gasteiger partial charge on any atom is 0.159 e. The smallest absolute Gasteiger partial charge is 0.159 e. The molecule has 5 aromatic rings. The summed E-state index contributed by atoms with van der Waals surface area (Å²) in [5.74, 6) is 1.85. The first-order valence-corrected chi connectivity index (χ1v) is 17.3. The first-order chi connectivity index (χ1) is 25.2. The van der Waals surface area contributed by atoms with Gasteiger partial charge in [-0.3, -0.25) is 9.98 Å². The monoisotopic (exact) mass is 659 g/mol. The Hall–Kier alpha value is -6.46. The number of allylic oxidation sites excluding steroid dienone is 10. The lowest BCUT2D eigenvalue weighted by molar-refractivity contribution is 0.807. The first kappa shape index (κ1) is 31.8. The van der Waals surface area contributed by atoms with Gasteiger partial charge in [0, 0.05) is 58.7 Å². The van der Waals surface area contributed by atoms with E-state index in [1.807, 2.05) is 30.6 Å². The van der Waals surface area contributed by atoms with E-state index in [1.54, 1.807) is 12.4 Å². The predicted octanol–water partition coefficient (Wildman–Crippen LogP) is 10.3. The molecular formula is C46H37N5. The number of pyridine rings is 1. The number of aliphatic imine (C=N–C) groups is 1. The van der Waals surface area contributed by atoms with Crippen LogP contribution in [-0.2, 0) is 0 Å². The average molecular weight is 660 g/mol. The number of nitrogens with zero attached hydrogens (tertiary/aromatic N) is 4. The van der Waals surface area contributed by atoms with Crippen molar-refractivity contribution in [1.82, 2.24) is 20.3 Å². The summed E-state index contributed by atoms with van der Waals surface area (Å²) in [4.78, 5) is 18.7. The maximum atomic E-state index is 5.42. The summed E-state index contributed by atoms with van der Waals surface area (Å²) in [5, 5.41) is 3.73. The van der Waals surface area contributed by atoms with Crippen LogP contribution in [0.15, 0.2) is 199 Å². The van der Waals surface area contributed by atoms with Crippen molar-refractivity contribution in [2.24, 2.45) is 4.99 Å². The van der Waals surface area contributed by atoms with Gasteiger partial charge in [-0.05, 0) is 82.6 Å². The van der Waals surface area contributed by atoms with Gasteiger partial charge in [0.15, 0.2) is 5.82 Å². The van der Waals surface area contributed by atoms with Crippen LogP contribution >= 0.6 is 0 Å². The Bertz CT molecular complexity index is 2270. The fourth-order valence-corrected chi connectivity index (χ4v) is 6.79. The lowest BCUT2D eigenvalue weighted by Crippen LogP contribution is -2.31. The highest BCUT2D eigenvalue weighted by atomic mass is 15.0. The third-order valence-electron chi connectivity index (χ3n) is 9.43. The third-order valence-corrected chi connectivity index (χ3v) is 9.43. The average Bonchev–Trinajstić information content (AvgIpc) is 3.21. The molecule has 2 aliphatic carbocycles. The van der Waals surface area contributed by atoms with Gasteiger partial charge < -0.3 is 5.32 Å². The molecule has 1 aliphatic heterocycles. The molecule has 3 heterocycles. The van der Waals surface area contributed by atoms with E-state index in [1.165, 1.54) is 11.1 Å². The van der Waals surface area contributed by atoms with Crippen molar-refractivity contribution in [1.29, 1.82) is 0 Å². The molecule has 2 atom stereocenters. The van der Waals surface area contributed by atoms with Crippen LogP contribution < -0.4 is 5.32 Å². The first-order valence-electron chi connectivity index (χ1n) is 17.3. The molecule has 0 saturated heterocycles. The van der Waals surface area contributed by atoms with E-state index in [2.05, 4.69) is 154 Å². The number of nitrogens with one attached hydrogen (secondary N) is 1. The van der Waals surface area contributed by atoms with E-state index in [4.69, 9.17) is 4.99 Å². The molecular weight excluding hydrogens is 623 g/mol. The fraction of sp³-hybridized carbons (Fsp3) is 0.0870. The summed E-state index contributed by atoms with van der Waals surface area (Å²) < 4.78 is 0. The quantitative estimate of drug-likeness (QED) is 0.197. The Morgan fingerprint density at radius 1 is 0.667 bits per heavy atom. The molecule has 0 spiro atoms. The summed E-state index contributed by atoms with van der Waals surface area (Å²) in [6.07, 6.45) is 28.7. The van der Waals surface area contributed by atoms with Crippen molar-refractivity contribution in [3.8, 4) is 22.5 Å². The zero-order valence-electron chi connectivity index (χ0n) is 28.2. The second-order valence-electron chi connectivity index (χ2n) is 12.8. The molecule has 5 nitrogen and oxygen atoms in total. The van der Waals surface area contributed by atoms with Crippen LogP contribution in [0.2, 0.25) is 0 Å². The van der Waals surface area contributed by atoms with E-state index in [9.17, 15) is 0 Å². The van der Waals surface area contributed by atoms with Crippen molar-refractivity contribution in [3.05, 3.63) is 216 Å². The number of hydrogen-bond acceptors (Lipinski definition) is 5. The third kappa shape index (κ3) is 7.01. The van der Waals surface area contributed by atoms with Crippen LogP contribution in [0.1, 0.15) is 47.1 Å². The predicted molar refractivity (Wildman–Crippen MR) is 209 cm³/mol. The van der Waals surface area contributed by atoms with Crippen LogP contribution in [-0.4, -0.2) is 20.8 Å². The minimum Gasteiger partial charge on any atom is -0.340 e. The fourth-order valence-electron chi connectivity index (χ4n) is 6.79. The van der Waals surface area contributed by atoms with Crippen LogP contribution in [0.5, 0.6) is 0 Å². The van der Waals surface area contributed by atoms with Gasteiger partial charge in [-0.2, -0.15) is 0 Å². The largest absolute Gasteiger partial charge is 0.340 e. The molecule has 2 aromatic heterocycles. The Labute approximate surface area is 299 Å². The molecule has 0 radical (unpaired) electrons. The van der Waals surface area contributed by atoms with Gasteiger partial charge in [-0.1, -0.05) is 116 Å². The van der Waals surface area contributed by atoms with Crippen LogP contribution in [0, 0.1) is 0 Å². The molecule has 51 heavy (non-hydrogen) atoms. The van der Waals surface area contributed by atoms with E-state index in [0.717, 1.165) is 74.7 Å². The van der Waals surface area contributed by atoms with E-state index in [0.29, 0.717) is 5.92 Å². The van der Waals surface area contributed by atoms with Gasteiger partial charge in [0.05, 0.1) is 0 Å². The highest BCUT2D eigenvalue weighted by molar-refractivity contribution is 6.03. The lowest BCUT2D eigenvalue weighted by atomic mass is 9.86. The van der Waals surface area contributed by atoms with E-state index in [-0.39, 0.29) is 6.04 Å². The molecule has 5 heteroatoms. The summed E-state index contributed by atoms with van der Waals surface area (Å²) in [7, 11) is 0. The number of benzene rings is 3. The van der Waals surface area contributed by atoms with Crippen molar-refractivity contribution in [2.75, 3.05) is 0 Å². The molecule has 3 aliphatic rings. The van der Waals surface area contributed by atoms with Gasteiger partial charge in [0.25, 0.3) is 0 Å². The Morgan fingerprint density at radius 2 is 1.49 bits per heavy atom. The summed E-state index contributed by atoms with van der Waals surface area (Å²) >= 11 is 0. The van der Waals surface area contributed by atoms with Gasteiger partial charge in [0.2, 0.25) is 0 Å². The standard InChI is InChI=1S/C46H37N5/c1-32-12-6-3-2-4-9-16-42-43(32)44(36-13-7-5-8-14-36)51-46(50-42)41-29-39(28-40(30-41)38-15-10-25-47-31-38)35-19-17-33(18-20-35)34-21-23-37(24-22-34)45-48-26-11-27-49-45/h2-3,5-17,19-31,33,44H,1,4,18H2,(H,50,51)/b3-2-,12-6-,16-9-. The molecule has 8 rings (SSSR count). The van der Waals surface area contributed by atoms with Crippen LogP contribution in [0.3, 0.4) is 0 Å². The van der Waals surface area contributed by atoms with Crippen LogP contribution in [0.25, 0.3) is 28.1 Å². The molecule has 0 saturated carbocycles. The number of rotatable bonds is 6. The number of aromatic nitrogens is 3. The molecule has 0 amide bonds. The molecule has 0 fully saturated rings. The van der Waals surface area contributed by atoms with Crippen molar-refractivity contribution < 1.29 is 0 Å². The summed E-state index contributed by atoms with van der Waals surface area (Å²) in [5.41, 5.74) is 11.9.